The molecule has 0 aromatic heterocycles. The van der Waals surface area contributed by atoms with Crippen molar-refractivity contribution in [2.75, 3.05) is 11.9 Å². The Balaban J connectivity index is 1.77. The van der Waals surface area contributed by atoms with Crippen molar-refractivity contribution in [1.82, 2.24) is 5.32 Å². The molecule has 0 aliphatic heterocycles. The summed E-state index contributed by atoms with van der Waals surface area (Å²) in [5.41, 5.74) is 0.939. The summed E-state index contributed by atoms with van der Waals surface area (Å²) in [5, 5.41) is 5.50. The van der Waals surface area contributed by atoms with E-state index in [4.69, 9.17) is 4.74 Å². The van der Waals surface area contributed by atoms with E-state index in [9.17, 15) is 14.4 Å². The Bertz CT molecular complexity index is 562. The zero-order chi connectivity index (χ0) is 16.7. The van der Waals surface area contributed by atoms with Gasteiger partial charge in [-0.25, -0.2) is 4.79 Å². The molecule has 6 nitrogen and oxygen atoms in total. The van der Waals surface area contributed by atoms with Crippen LogP contribution in [0.2, 0.25) is 0 Å². The van der Waals surface area contributed by atoms with Gasteiger partial charge in [-0.05, 0) is 37.1 Å². The van der Waals surface area contributed by atoms with Crippen molar-refractivity contribution in [3.8, 4) is 0 Å². The minimum Gasteiger partial charge on any atom is -0.452 e. The number of ether oxygens (including phenoxy) is 1. The highest BCUT2D eigenvalue weighted by molar-refractivity contribution is 5.93. The smallest absolute Gasteiger partial charge is 0.338 e. The normalized spacial score (nSPS) is 14.8. The van der Waals surface area contributed by atoms with E-state index in [0.717, 1.165) is 25.7 Å². The first kappa shape index (κ1) is 17.0. The Hall–Kier alpha value is -2.37. The van der Waals surface area contributed by atoms with Crippen LogP contribution in [0.15, 0.2) is 24.3 Å². The van der Waals surface area contributed by atoms with Gasteiger partial charge in [0, 0.05) is 18.7 Å². The van der Waals surface area contributed by atoms with Gasteiger partial charge in [0.2, 0.25) is 5.91 Å². The van der Waals surface area contributed by atoms with E-state index in [1.54, 1.807) is 24.3 Å². The number of hydrogen-bond donors (Lipinski definition) is 2. The summed E-state index contributed by atoms with van der Waals surface area (Å²) in [4.78, 5) is 34.6. The van der Waals surface area contributed by atoms with Crippen molar-refractivity contribution in [1.29, 1.82) is 0 Å². The maximum absolute atomic E-state index is 11.9. The van der Waals surface area contributed by atoms with Crippen molar-refractivity contribution >= 4 is 23.5 Å². The molecular weight excluding hydrogens is 296 g/mol. The summed E-state index contributed by atoms with van der Waals surface area (Å²) in [7, 11) is 0. The molecule has 1 aliphatic rings. The topological polar surface area (TPSA) is 84.5 Å². The van der Waals surface area contributed by atoms with E-state index in [1.165, 1.54) is 13.3 Å². The first-order chi connectivity index (χ1) is 11.0. The lowest BCUT2D eigenvalue weighted by molar-refractivity contribution is -0.125. The van der Waals surface area contributed by atoms with Crippen LogP contribution in [0.1, 0.15) is 49.4 Å². The van der Waals surface area contributed by atoms with Gasteiger partial charge in [0.05, 0.1) is 5.56 Å². The van der Waals surface area contributed by atoms with Gasteiger partial charge >= 0.3 is 5.97 Å². The largest absolute Gasteiger partial charge is 0.452 e. The summed E-state index contributed by atoms with van der Waals surface area (Å²) in [6, 6.07) is 6.52. The fourth-order valence-corrected chi connectivity index (χ4v) is 2.62. The highest BCUT2D eigenvalue weighted by Gasteiger charge is 2.17. The van der Waals surface area contributed by atoms with Crippen molar-refractivity contribution in [2.45, 2.75) is 45.1 Å². The van der Waals surface area contributed by atoms with Crippen LogP contribution in [-0.4, -0.2) is 30.4 Å². The molecule has 2 rings (SSSR count). The number of rotatable bonds is 5. The third-order valence-electron chi connectivity index (χ3n) is 3.75. The average molecular weight is 318 g/mol. The van der Waals surface area contributed by atoms with E-state index in [1.807, 2.05) is 0 Å². The summed E-state index contributed by atoms with van der Waals surface area (Å²) in [5.74, 6) is -1.00. The number of nitrogens with one attached hydrogen (secondary N) is 2. The summed E-state index contributed by atoms with van der Waals surface area (Å²) < 4.78 is 5.01. The predicted octanol–water partition coefficient (Wildman–Crippen LogP) is 2.25. The maximum atomic E-state index is 11.9. The van der Waals surface area contributed by atoms with Crippen LogP contribution in [0.5, 0.6) is 0 Å². The fourth-order valence-electron chi connectivity index (χ4n) is 2.62. The van der Waals surface area contributed by atoms with E-state index in [-0.39, 0.29) is 24.5 Å². The number of carbonyl (C=O) groups excluding carboxylic acids is 3. The zero-order valence-corrected chi connectivity index (χ0v) is 13.3. The standard InChI is InChI=1S/C17H22N2O4/c1-12(20)18-15-9-7-13(8-10-15)17(22)23-11-16(21)19-14-5-3-2-4-6-14/h7-10,14H,2-6,11H2,1H3,(H,18,20)(H,19,21). The molecule has 0 saturated heterocycles. The molecule has 1 aromatic rings. The lowest BCUT2D eigenvalue weighted by Crippen LogP contribution is -2.38. The molecule has 23 heavy (non-hydrogen) atoms. The first-order valence-electron chi connectivity index (χ1n) is 7.89. The Morgan fingerprint density at radius 3 is 2.35 bits per heavy atom. The van der Waals surface area contributed by atoms with Gasteiger partial charge in [-0.1, -0.05) is 19.3 Å². The van der Waals surface area contributed by atoms with Crippen molar-refractivity contribution in [3.63, 3.8) is 0 Å². The predicted molar refractivity (Wildman–Crippen MR) is 86.0 cm³/mol. The highest BCUT2D eigenvalue weighted by atomic mass is 16.5. The molecule has 0 unspecified atom stereocenters. The number of anilines is 1. The molecule has 2 N–H and O–H groups in total. The Morgan fingerprint density at radius 2 is 1.74 bits per heavy atom. The van der Waals surface area contributed by atoms with Crippen molar-refractivity contribution in [3.05, 3.63) is 29.8 Å². The number of hydrogen-bond acceptors (Lipinski definition) is 4. The number of carbonyl (C=O) groups is 3. The number of amides is 2. The third kappa shape index (κ3) is 5.73. The van der Waals surface area contributed by atoms with Crippen LogP contribution >= 0.6 is 0 Å². The van der Waals surface area contributed by atoms with Crippen LogP contribution < -0.4 is 10.6 Å². The summed E-state index contributed by atoms with van der Waals surface area (Å²) >= 11 is 0. The van der Waals surface area contributed by atoms with Crippen molar-refractivity contribution < 1.29 is 19.1 Å². The average Bonchev–Trinajstić information content (AvgIpc) is 2.54. The Kier molecular flexibility index (Phi) is 6.14. The molecule has 1 saturated carbocycles. The van der Waals surface area contributed by atoms with Crippen molar-refractivity contribution in [2.24, 2.45) is 0 Å². The van der Waals surface area contributed by atoms with Crippen LogP contribution in [0, 0.1) is 0 Å². The van der Waals surface area contributed by atoms with Gasteiger partial charge in [0.1, 0.15) is 0 Å². The van der Waals surface area contributed by atoms with Gasteiger partial charge < -0.3 is 15.4 Å². The molecule has 0 heterocycles. The van der Waals surface area contributed by atoms with E-state index in [0.29, 0.717) is 11.3 Å². The molecule has 1 aliphatic carbocycles. The van der Waals surface area contributed by atoms with Gasteiger partial charge in [0.15, 0.2) is 6.61 Å². The molecule has 0 radical (unpaired) electrons. The van der Waals surface area contributed by atoms with Crippen LogP contribution in [0.25, 0.3) is 0 Å². The van der Waals surface area contributed by atoms with E-state index >= 15 is 0 Å². The third-order valence-corrected chi connectivity index (χ3v) is 3.75. The van der Waals surface area contributed by atoms with E-state index < -0.39 is 5.97 Å². The molecule has 1 fully saturated rings. The monoisotopic (exact) mass is 318 g/mol. The fraction of sp³-hybridized carbons (Fsp3) is 0.471. The maximum Gasteiger partial charge on any atom is 0.338 e. The molecule has 0 bridgehead atoms. The molecule has 0 atom stereocenters. The van der Waals surface area contributed by atoms with Crippen LogP contribution in [0.4, 0.5) is 5.69 Å². The van der Waals surface area contributed by atoms with Crippen LogP contribution in [-0.2, 0) is 14.3 Å². The van der Waals surface area contributed by atoms with Gasteiger partial charge in [0.25, 0.3) is 5.91 Å². The second-order valence-electron chi connectivity index (χ2n) is 5.74. The Morgan fingerprint density at radius 1 is 1.09 bits per heavy atom. The Labute approximate surface area is 135 Å². The second-order valence-corrected chi connectivity index (χ2v) is 5.74. The quantitative estimate of drug-likeness (QED) is 0.816. The molecular formula is C17H22N2O4. The minimum absolute atomic E-state index is 0.181. The summed E-state index contributed by atoms with van der Waals surface area (Å²) in [6.45, 7) is 1.13. The zero-order valence-electron chi connectivity index (χ0n) is 13.3. The molecule has 0 spiro atoms. The molecule has 124 valence electrons. The van der Waals surface area contributed by atoms with Gasteiger partial charge in [-0.2, -0.15) is 0 Å². The molecule has 2 amide bonds. The lowest BCUT2D eigenvalue weighted by Gasteiger charge is -2.22. The molecule has 1 aromatic carbocycles. The SMILES string of the molecule is CC(=O)Nc1ccc(C(=O)OCC(=O)NC2CCCCC2)cc1. The van der Waals surface area contributed by atoms with E-state index in [2.05, 4.69) is 10.6 Å². The second kappa shape index (κ2) is 8.31. The minimum atomic E-state index is -0.557. The van der Waals surface area contributed by atoms with Gasteiger partial charge in [-0.15, -0.1) is 0 Å². The molecule has 6 heteroatoms. The number of benzene rings is 1. The van der Waals surface area contributed by atoms with Gasteiger partial charge in [-0.3, -0.25) is 9.59 Å². The van der Waals surface area contributed by atoms with Crippen LogP contribution in [0.3, 0.4) is 0 Å². The highest BCUT2D eigenvalue weighted by Crippen LogP contribution is 2.17. The summed E-state index contributed by atoms with van der Waals surface area (Å²) in [6.07, 6.45) is 5.46. The first-order valence-corrected chi connectivity index (χ1v) is 7.89. The lowest BCUT2D eigenvalue weighted by atomic mass is 9.95. The number of esters is 1.